The Balaban J connectivity index is 2.40. The number of rotatable bonds is 6. The van der Waals surface area contributed by atoms with Crippen LogP contribution in [0.4, 0.5) is 11.4 Å². The molecule has 0 spiro atoms. The Hall–Kier alpha value is -1.73. The number of nitrogens with two attached hydrogens (primary N) is 1. The van der Waals surface area contributed by atoms with E-state index in [-0.39, 0.29) is 0 Å². The smallest absolute Gasteiger partial charge is 0.101 e. The highest BCUT2D eigenvalue weighted by Crippen LogP contribution is 2.21. The van der Waals surface area contributed by atoms with E-state index in [1.54, 1.807) is 6.07 Å². The van der Waals surface area contributed by atoms with Gasteiger partial charge in [0.2, 0.25) is 0 Å². The van der Waals surface area contributed by atoms with Crippen LogP contribution in [0, 0.1) is 11.3 Å². The lowest BCUT2D eigenvalue weighted by molar-refractivity contribution is 0.396. The summed E-state index contributed by atoms with van der Waals surface area (Å²) >= 11 is 0. The molecule has 0 saturated carbocycles. The Kier molecular flexibility index (Phi) is 5.31. The molecule has 0 saturated heterocycles. The number of para-hydroxylation sites is 1. The average Bonchev–Trinajstić information content (AvgIpc) is 2.30. The van der Waals surface area contributed by atoms with Crippen molar-refractivity contribution in [3.8, 4) is 6.07 Å². The van der Waals surface area contributed by atoms with Crippen LogP contribution in [0.2, 0.25) is 0 Å². The van der Waals surface area contributed by atoms with Crippen molar-refractivity contribution >= 4 is 11.4 Å². The number of nitrogens with zero attached hydrogens (tertiary/aromatic N) is 2. The predicted octanol–water partition coefficient (Wildman–Crippen LogP) is 1.89. The minimum absolute atomic E-state index is 0.531. The molecule has 4 nitrogen and oxygen atoms in total. The van der Waals surface area contributed by atoms with Crippen molar-refractivity contribution in [2.45, 2.75) is 12.8 Å². The van der Waals surface area contributed by atoms with Crippen LogP contribution in [0.3, 0.4) is 0 Å². The third kappa shape index (κ3) is 4.33. The summed E-state index contributed by atoms with van der Waals surface area (Å²) in [4.78, 5) is 2.17. The van der Waals surface area contributed by atoms with Crippen molar-refractivity contribution in [2.75, 3.05) is 38.2 Å². The number of hydrogen-bond donors (Lipinski definition) is 2. The SMILES string of the molecule is CN(C)CCCCNc1cccc(C#N)c1N. The lowest BCUT2D eigenvalue weighted by Gasteiger charge is -2.11. The van der Waals surface area contributed by atoms with Gasteiger partial charge in [-0.2, -0.15) is 5.26 Å². The standard InChI is InChI=1S/C13H20N4/c1-17(2)9-4-3-8-16-12-7-5-6-11(10-14)13(12)15/h5-7,16H,3-4,8-9,15H2,1-2H3. The quantitative estimate of drug-likeness (QED) is 0.580. The van der Waals surface area contributed by atoms with Crippen LogP contribution in [0.1, 0.15) is 18.4 Å². The van der Waals surface area contributed by atoms with Crippen LogP contribution in [-0.2, 0) is 0 Å². The van der Waals surface area contributed by atoms with Gasteiger partial charge in [-0.05, 0) is 45.6 Å². The van der Waals surface area contributed by atoms with Gasteiger partial charge in [0.25, 0.3) is 0 Å². The molecule has 1 rings (SSSR count). The summed E-state index contributed by atoms with van der Waals surface area (Å²) in [5.41, 5.74) is 7.79. The first-order chi connectivity index (χ1) is 8.15. The van der Waals surface area contributed by atoms with Crippen LogP contribution in [-0.4, -0.2) is 32.1 Å². The van der Waals surface area contributed by atoms with E-state index in [4.69, 9.17) is 11.0 Å². The third-order valence-corrected chi connectivity index (χ3v) is 2.57. The monoisotopic (exact) mass is 232 g/mol. The molecule has 0 bridgehead atoms. The van der Waals surface area contributed by atoms with E-state index in [2.05, 4.69) is 30.4 Å². The molecule has 1 aromatic carbocycles. The lowest BCUT2D eigenvalue weighted by atomic mass is 10.1. The van der Waals surface area contributed by atoms with Crippen molar-refractivity contribution in [2.24, 2.45) is 0 Å². The topological polar surface area (TPSA) is 65.1 Å². The number of benzene rings is 1. The Morgan fingerprint density at radius 2 is 2.12 bits per heavy atom. The van der Waals surface area contributed by atoms with Crippen LogP contribution < -0.4 is 11.1 Å². The molecular weight excluding hydrogens is 212 g/mol. The molecule has 0 atom stereocenters. The second-order valence-corrected chi connectivity index (χ2v) is 4.32. The van der Waals surface area contributed by atoms with E-state index in [1.165, 1.54) is 0 Å². The van der Waals surface area contributed by atoms with Gasteiger partial charge in [0, 0.05) is 6.54 Å². The zero-order valence-corrected chi connectivity index (χ0v) is 10.5. The fourth-order valence-corrected chi connectivity index (χ4v) is 1.59. The van der Waals surface area contributed by atoms with Crippen LogP contribution >= 0.6 is 0 Å². The molecule has 3 N–H and O–H groups in total. The normalized spacial score (nSPS) is 10.2. The highest BCUT2D eigenvalue weighted by Gasteiger charge is 2.02. The minimum atomic E-state index is 0.531. The maximum Gasteiger partial charge on any atom is 0.101 e. The van der Waals surface area contributed by atoms with Gasteiger partial charge in [0.05, 0.1) is 16.9 Å². The Morgan fingerprint density at radius 1 is 1.35 bits per heavy atom. The van der Waals surface area contributed by atoms with E-state index in [0.29, 0.717) is 11.3 Å². The summed E-state index contributed by atoms with van der Waals surface area (Å²) in [7, 11) is 4.14. The van der Waals surface area contributed by atoms with E-state index in [1.807, 2.05) is 12.1 Å². The van der Waals surface area contributed by atoms with Crippen LogP contribution in [0.5, 0.6) is 0 Å². The number of nitrogen functional groups attached to an aromatic ring is 1. The molecule has 0 radical (unpaired) electrons. The molecule has 0 heterocycles. The fourth-order valence-electron chi connectivity index (χ4n) is 1.59. The maximum absolute atomic E-state index is 8.85. The predicted molar refractivity (Wildman–Crippen MR) is 71.8 cm³/mol. The van der Waals surface area contributed by atoms with Crippen molar-refractivity contribution in [1.29, 1.82) is 5.26 Å². The molecule has 0 aliphatic rings. The first kappa shape index (κ1) is 13.3. The van der Waals surface area contributed by atoms with Gasteiger partial charge in [-0.1, -0.05) is 6.07 Å². The van der Waals surface area contributed by atoms with Crippen molar-refractivity contribution in [1.82, 2.24) is 4.90 Å². The van der Waals surface area contributed by atoms with Gasteiger partial charge < -0.3 is 16.0 Å². The Bertz CT molecular complexity index is 393. The summed E-state index contributed by atoms with van der Waals surface area (Å²) in [5.74, 6) is 0. The van der Waals surface area contributed by atoms with Gasteiger partial charge in [-0.15, -0.1) is 0 Å². The highest BCUT2D eigenvalue weighted by molar-refractivity contribution is 5.72. The van der Waals surface area contributed by atoms with E-state index < -0.39 is 0 Å². The molecule has 92 valence electrons. The van der Waals surface area contributed by atoms with Crippen molar-refractivity contribution in [3.63, 3.8) is 0 Å². The summed E-state index contributed by atoms with van der Waals surface area (Å²) < 4.78 is 0. The molecule has 0 aliphatic carbocycles. The second kappa shape index (κ2) is 6.77. The molecule has 1 aromatic rings. The van der Waals surface area contributed by atoms with E-state index in [9.17, 15) is 0 Å². The first-order valence-corrected chi connectivity index (χ1v) is 5.82. The van der Waals surface area contributed by atoms with Gasteiger partial charge in [-0.3, -0.25) is 0 Å². The van der Waals surface area contributed by atoms with Gasteiger partial charge in [0.15, 0.2) is 0 Å². The molecule has 0 aliphatic heterocycles. The molecule has 0 fully saturated rings. The Morgan fingerprint density at radius 3 is 2.76 bits per heavy atom. The van der Waals surface area contributed by atoms with Crippen molar-refractivity contribution in [3.05, 3.63) is 23.8 Å². The number of unbranched alkanes of at least 4 members (excludes halogenated alkanes) is 1. The molecule has 0 unspecified atom stereocenters. The second-order valence-electron chi connectivity index (χ2n) is 4.32. The highest BCUT2D eigenvalue weighted by atomic mass is 15.0. The van der Waals surface area contributed by atoms with Crippen molar-refractivity contribution < 1.29 is 0 Å². The van der Waals surface area contributed by atoms with E-state index in [0.717, 1.165) is 31.6 Å². The third-order valence-electron chi connectivity index (χ3n) is 2.57. The van der Waals surface area contributed by atoms with E-state index >= 15 is 0 Å². The zero-order chi connectivity index (χ0) is 12.7. The summed E-state index contributed by atoms with van der Waals surface area (Å²) in [6.45, 7) is 1.97. The molecule has 17 heavy (non-hydrogen) atoms. The van der Waals surface area contributed by atoms with Gasteiger partial charge in [-0.25, -0.2) is 0 Å². The summed E-state index contributed by atoms with van der Waals surface area (Å²) in [5, 5.41) is 12.1. The largest absolute Gasteiger partial charge is 0.396 e. The summed E-state index contributed by atoms with van der Waals surface area (Å²) in [6.07, 6.45) is 2.24. The zero-order valence-electron chi connectivity index (χ0n) is 10.5. The number of nitrogens with one attached hydrogen (secondary N) is 1. The minimum Gasteiger partial charge on any atom is -0.396 e. The maximum atomic E-state index is 8.85. The molecular formula is C13H20N4. The molecule has 0 amide bonds. The van der Waals surface area contributed by atoms with Crippen LogP contribution in [0.15, 0.2) is 18.2 Å². The Labute approximate surface area is 103 Å². The van der Waals surface area contributed by atoms with Gasteiger partial charge in [0.1, 0.15) is 6.07 Å². The number of hydrogen-bond acceptors (Lipinski definition) is 4. The number of nitriles is 1. The fraction of sp³-hybridized carbons (Fsp3) is 0.462. The summed E-state index contributed by atoms with van der Waals surface area (Å²) in [6, 6.07) is 7.56. The number of anilines is 2. The average molecular weight is 232 g/mol. The van der Waals surface area contributed by atoms with Crippen LogP contribution in [0.25, 0.3) is 0 Å². The first-order valence-electron chi connectivity index (χ1n) is 5.82. The lowest BCUT2D eigenvalue weighted by Crippen LogP contribution is -2.14. The van der Waals surface area contributed by atoms with Gasteiger partial charge >= 0.3 is 0 Å². The molecule has 0 aromatic heterocycles. The molecule has 4 heteroatoms.